The van der Waals surface area contributed by atoms with Crippen LogP contribution in [0.2, 0.25) is 0 Å². The Morgan fingerprint density at radius 3 is 1.17 bits per heavy atom. The van der Waals surface area contributed by atoms with Gasteiger partial charge < -0.3 is 0 Å². The van der Waals surface area contributed by atoms with E-state index in [-0.39, 0.29) is 0 Å². The average molecular weight is 334 g/mol. The second kappa shape index (κ2) is 16.7. The van der Waals surface area contributed by atoms with Crippen LogP contribution in [-0.4, -0.2) is 0 Å². The fourth-order valence-corrected chi connectivity index (χ4v) is 0. The summed E-state index contributed by atoms with van der Waals surface area (Å²) in [5.41, 5.74) is 0. The van der Waals surface area contributed by atoms with Crippen LogP contribution in [0.15, 0.2) is 0 Å². The first-order valence-electron chi connectivity index (χ1n) is 0.816. The molecule has 0 radical (unpaired) electrons. The van der Waals surface area contributed by atoms with Crippen LogP contribution in [0.3, 0.4) is 0 Å². The summed E-state index contributed by atoms with van der Waals surface area (Å²) in [6, 6.07) is 0. The zero-order valence-electron chi connectivity index (χ0n) is 2.63. The molecule has 0 aliphatic carbocycles. The Labute approximate surface area is 57.0 Å². The minimum atomic E-state index is -2.42. The van der Waals surface area contributed by atoms with Gasteiger partial charge in [0.1, 0.15) is 0 Å². The van der Waals surface area contributed by atoms with E-state index in [1.807, 2.05) is 0 Å². The van der Waals surface area contributed by atoms with E-state index in [4.69, 9.17) is 11.3 Å². The van der Waals surface area contributed by atoms with Crippen LogP contribution in [0.25, 0.3) is 0 Å². The molecule has 0 aromatic rings. The van der Waals surface area contributed by atoms with E-state index < -0.39 is 46.2 Å². The molecule has 0 fully saturated rings. The van der Waals surface area contributed by atoms with E-state index >= 15 is 0 Å². The average Bonchev–Trinajstić information content (AvgIpc) is 1.39. The van der Waals surface area contributed by atoms with Gasteiger partial charge in [0.2, 0.25) is 0 Å². The molecule has 6 heteroatoms. The van der Waals surface area contributed by atoms with Crippen LogP contribution in [0.1, 0.15) is 0 Å². The van der Waals surface area contributed by atoms with Gasteiger partial charge in [-0.3, -0.25) is 0 Å². The minimum absolute atomic E-state index is 2.27. The van der Waals surface area contributed by atoms with Gasteiger partial charge in [-0.1, -0.05) is 0 Å². The van der Waals surface area contributed by atoms with Gasteiger partial charge in [-0.15, -0.1) is 0 Å². The SMILES string of the molecule is [O]=[Hf]=[O].[O]=[Zr]=[O]. The Hall–Kier alpha value is 0.953. The molecule has 0 saturated carbocycles. The predicted molar refractivity (Wildman–Crippen MR) is 2.75 cm³/mol. The van der Waals surface area contributed by atoms with Crippen LogP contribution >= 0.6 is 0 Å². The van der Waals surface area contributed by atoms with E-state index in [1.54, 1.807) is 0 Å². The van der Waals surface area contributed by atoms with Crippen molar-refractivity contribution in [2.24, 2.45) is 0 Å². The maximum atomic E-state index is 8.57. The zero-order chi connectivity index (χ0) is 5.41. The second-order valence-electron chi connectivity index (χ2n) is 0.167. The van der Waals surface area contributed by atoms with Gasteiger partial charge in [0, 0.05) is 0 Å². The maximum absolute atomic E-state index is 8.57. The standard InChI is InChI=1S/Hf.4O.Zr. The van der Waals surface area contributed by atoms with Crippen molar-refractivity contribution in [1.29, 1.82) is 0 Å². The van der Waals surface area contributed by atoms with Crippen molar-refractivity contribution in [3.8, 4) is 0 Å². The molecular weight excluding hydrogens is 334 g/mol. The van der Waals surface area contributed by atoms with E-state index in [2.05, 4.69) is 0 Å². The number of hydrogen-bond acceptors (Lipinski definition) is 4. The van der Waals surface area contributed by atoms with Crippen LogP contribution < -0.4 is 0 Å². The molecule has 0 saturated heterocycles. The molecule has 0 aliphatic rings. The molecule has 0 aromatic carbocycles. The van der Waals surface area contributed by atoms with Crippen molar-refractivity contribution < 1.29 is 57.5 Å². The molecule has 4 nitrogen and oxygen atoms in total. The molecule has 0 spiro atoms. The monoisotopic (exact) mass is 334 g/mol. The molecule has 0 unspecified atom stereocenters. The molecule has 6 heavy (non-hydrogen) atoms. The fraction of sp³-hybridized carbons (Fsp3) is 0. The Bertz CT molecular complexity index is 61.5. The first-order chi connectivity index (χ1) is 2.83. The third-order valence-electron chi connectivity index (χ3n) is 0. The van der Waals surface area contributed by atoms with Gasteiger partial charge in [0.05, 0.1) is 0 Å². The van der Waals surface area contributed by atoms with E-state index in [9.17, 15) is 0 Å². The fourth-order valence-electron chi connectivity index (χ4n) is 0. The molecule has 0 heterocycles. The first kappa shape index (κ1) is 10.0. The van der Waals surface area contributed by atoms with Crippen LogP contribution in [0.4, 0.5) is 0 Å². The molecule has 0 amide bonds. The van der Waals surface area contributed by atoms with Crippen LogP contribution in [0.5, 0.6) is 0 Å². The Morgan fingerprint density at radius 2 is 1.17 bits per heavy atom. The van der Waals surface area contributed by atoms with Gasteiger partial charge in [-0.2, -0.15) is 0 Å². The molecule has 0 bridgehead atoms. The summed E-state index contributed by atoms with van der Waals surface area (Å²) in [6.07, 6.45) is 0. The van der Waals surface area contributed by atoms with E-state index in [0.717, 1.165) is 0 Å². The first-order valence-corrected chi connectivity index (χ1v) is 5.76. The molecule has 0 aliphatic heterocycles. The van der Waals surface area contributed by atoms with Gasteiger partial charge in [0.15, 0.2) is 0 Å². The van der Waals surface area contributed by atoms with Crippen molar-refractivity contribution in [3.05, 3.63) is 0 Å². The van der Waals surface area contributed by atoms with Gasteiger partial charge >= 0.3 is 57.5 Å². The molecule has 0 rings (SSSR count). The van der Waals surface area contributed by atoms with Crippen LogP contribution in [0, 0.1) is 0 Å². The molecule has 0 N–H and O–H groups in total. The summed E-state index contributed by atoms with van der Waals surface area (Å²) in [5.74, 6) is 0. The van der Waals surface area contributed by atoms with Crippen LogP contribution in [-0.2, 0) is 57.5 Å². The van der Waals surface area contributed by atoms with Gasteiger partial charge in [-0.05, 0) is 0 Å². The van der Waals surface area contributed by atoms with Crippen molar-refractivity contribution >= 4 is 0 Å². The number of hydrogen-bond donors (Lipinski definition) is 0. The summed E-state index contributed by atoms with van der Waals surface area (Å²) >= 11 is -4.69. The van der Waals surface area contributed by atoms with Crippen molar-refractivity contribution in [2.45, 2.75) is 0 Å². The third-order valence-corrected chi connectivity index (χ3v) is 0. The summed E-state index contributed by atoms with van der Waals surface area (Å²) in [6.45, 7) is 0. The summed E-state index contributed by atoms with van der Waals surface area (Å²) in [5, 5.41) is 0. The molecule has 0 aromatic heterocycles. The van der Waals surface area contributed by atoms with Crippen molar-refractivity contribution in [2.75, 3.05) is 0 Å². The Morgan fingerprint density at radius 1 is 1.17 bits per heavy atom. The van der Waals surface area contributed by atoms with E-state index in [0.29, 0.717) is 0 Å². The van der Waals surface area contributed by atoms with E-state index in [1.165, 1.54) is 0 Å². The summed E-state index contributed by atoms with van der Waals surface area (Å²) in [7, 11) is 0. The summed E-state index contributed by atoms with van der Waals surface area (Å²) < 4.78 is 34.2. The third kappa shape index (κ3) is 85.2. The summed E-state index contributed by atoms with van der Waals surface area (Å²) in [4.78, 5) is 0. The van der Waals surface area contributed by atoms with Gasteiger partial charge in [0.25, 0.3) is 0 Å². The van der Waals surface area contributed by atoms with Gasteiger partial charge in [-0.25, -0.2) is 0 Å². The molecule has 0 atom stereocenters. The zero-order valence-corrected chi connectivity index (χ0v) is 8.68. The Balaban J connectivity index is 0. The predicted octanol–water partition coefficient (Wildman–Crippen LogP) is -0.480. The topological polar surface area (TPSA) is 68.3 Å². The van der Waals surface area contributed by atoms with Crippen molar-refractivity contribution in [1.82, 2.24) is 0 Å². The quantitative estimate of drug-likeness (QED) is 0.562. The Kier molecular flexibility index (Phi) is 28.0. The number of rotatable bonds is 0. The normalized spacial score (nSPS) is 2.67. The second-order valence-corrected chi connectivity index (χ2v) is 1.18. The molecule has 32 valence electrons. The molecular formula is HfO4Zr. The van der Waals surface area contributed by atoms with Crippen molar-refractivity contribution in [3.63, 3.8) is 0 Å².